The van der Waals surface area contributed by atoms with E-state index in [0.29, 0.717) is 24.4 Å². The number of rotatable bonds is 6. The number of carbonyl (C=O) groups is 2. The number of benzene rings is 2. The first kappa shape index (κ1) is 17.0. The van der Waals surface area contributed by atoms with Crippen molar-refractivity contribution in [1.29, 1.82) is 0 Å². The van der Waals surface area contributed by atoms with E-state index in [0.717, 1.165) is 6.42 Å². The van der Waals surface area contributed by atoms with Gasteiger partial charge >= 0.3 is 0 Å². The molecule has 0 saturated heterocycles. The summed E-state index contributed by atoms with van der Waals surface area (Å²) in [6.45, 7) is 2.41. The fraction of sp³-hybridized carbons (Fsp3) is 0.300. The Labute approximate surface area is 147 Å². The first-order valence-corrected chi connectivity index (χ1v) is 8.56. The quantitative estimate of drug-likeness (QED) is 0.881. The van der Waals surface area contributed by atoms with Crippen molar-refractivity contribution in [2.45, 2.75) is 25.8 Å². The fourth-order valence-electron chi connectivity index (χ4n) is 3.04. The molecule has 0 spiro atoms. The molecule has 2 aromatic rings. The molecule has 0 fully saturated rings. The van der Waals surface area contributed by atoms with Crippen LogP contribution in [-0.2, 0) is 16.0 Å². The van der Waals surface area contributed by atoms with Gasteiger partial charge in [-0.25, -0.2) is 0 Å². The van der Waals surface area contributed by atoms with Crippen molar-refractivity contribution in [1.82, 2.24) is 5.32 Å². The molecule has 1 aliphatic rings. The molecular formula is C20H22N2O3. The van der Waals surface area contributed by atoms with E-state index < -0.39 is 6.04 Å². The second kappa shape index (κ2) is 7.83. The number of hydrogen-bond donors (Lipinski definition) is 1. The summed E-state index contributed by atoms with van der Waals surface area (Å²) in [7, 11) is 0. The largest absolute Gasteiger partial charge is 0.482 e. The van der Waals surface area contributed by atoms with Gasteiger partial charge in [-0.1, -0.05) is 49.4 Å². The molecule has 1 N–H and O–H groups in total. The Morgan fingerprint density at radius 1 is 1.16 bits per heavy atom. The van der Waals surface area contributed by atoms with E-state index in [4.69, 9.17) is 4.74 Å². The Morgan fingerprint density at radius 3 is 2.64 bits per heavy atom. The highest BCUT2D eigenvalue weighted by atomic mass is 16.5. The van der Waals surface area contributed by atoms with Gasteiger partial charge in [-0.3, -0.25) is 14.5 Å². The molecular weight excluding hydrogens is 316 g/mol. The molecule has 0 saturated carbocycles. The summed E-state index contributed by atoms with van der Waals surface area (Å²) in [6, 6.07) is 16.8. The van der Waals surface area contributed by atoms with Gasteiger partial charge < -0.3 is 10.1 Å². The topological polar surface area (TPSA) is 58.6 Å². The third kappa shape index (κ3) is 3.82. The van der Waals surface area contributed by atoms with Crippen molar-refractivity contribution < 1.29 is 14.3 Å². The zero-order chi connectivity index (χ0) is 17.6. The molecule has 5 heteroatoms. The summed E-state index contributed by atoms with van der Waals surface area (Å²) >= 11 is 0. The van der Waals surface area contributed by atoms with Crippen LogP contribution in [0.15, 0.2) is 54.6 Å². The molecule has 0 radical (unpaired) electrons. The summed E-state index contributed by atoms with van der Waals surface area (Å²) in [5, 5.41) is 2.96. The standard InChI is InChI=1S/C20H22N2O3/c1-2-16(20(24)21-13-12-15-8-4-3-5-9-15)22-17-10-6-7-11-18(17)25-14-19(22)23/h3-11,16H,2,12-14H2,1H3,(H,21,24). The second-order valence-corrected chi connectivity index (χ2v) is 5.97. The number of amides is 2. The molecule has 1 unspecified atom stereocenters. The second-order valence-electron chi connectivity index (χ2n) is 5.97. The zero-order valence-electron chi connectivity index (χ0n) is 14.3. The molecule has 2 amide bonds. The highest BCUT2D eigenvalue weighted by Crippen LogP contribution is 2.33. The lowest BCUT2D eigenvalue weighted by Crippen LogP contribution is -2.52. The summed E-state index contributed by atoms with van der Waals surface area (Å²) in [6.07, 6.45) is 1.30. The van der Waals surface area contributed by atoms with Gasteiger partial charge in [0.1, 0.15) is 11.8 Å². The number of nitrogens with zero attached hydrogens (tertiary/aromatic N) is 1. The lowest BCUT2D eigenvalue weighted by molar-refractivity contribution is -0.127. The van der Waals surface area contributed by atoms with Crippen LogP contribution in [0.3, 0.4) is 0 Å². The van der Waals surface area contributed by atoms with Gasteiger partial charge in [-0.2, -0.15) is 0 Å². The van der Waals surface area contributed by atoms with Gasteiger partial charge in [0.15, 0.2) is 6.61 Å². The maximum absolute atomic E-state index is 12.7. The fourth-order valence-corrected chi connectivity index (χ4v) is 3.04. The van der Waals surface area contributed by atoms with Crippen molar-refractivity contribution in [3.63, 3.8) is 0 Å². The predicted molar refractivity (Wildman–Crippen MR) is 96.7 cm³/mol. The summed E-state index contributed by atoms with van der Waals surface area (Å²) in [5.41, 5.74) is 1.83. The molecule has 1 atom stereocenters. The molecule has 0 bridgehead atoms. The van der Waals surface area contributed by atoms with Crippen molar-refractivity contribution >= 4 is 17.5 Å². The Bertz CT molecular complexity index is 746. The van der Waals surface area contributed by atoms with Gasteiger partial charge in [0, 0.05) is 6.54 Å². The molecule has 1 aliphatic heterocycles. The van der Waals surface area contributed by atoms with Crippen molar-refractivity contribution in [2.75, 3.05) is 18.1 Å². The zero-order valence-corrected chi connectivity index (χ0v) is 14.3. The molecule has 3 rings (SSSR count). The van der Waals surface area contributed by atoms with Crippen LogP contribution in [0, 0.1) is 0 Å². The first-order valence-electron chi connectivity index (χ1n) is 8.56. The first-order chi connectivity index (χ1) is 12.2. The van der Waals surface area contributed by atoms with E-state index in [1.54, 1.807) is 4.90 Å². The van der Waals surface area contributed by atoms with E-state index in [2.05, 4.69) is 5.32 Å². The van der Waals surface area contributed by atoms with Crippen molar-refractivity contribution in [3.8, 4) is 5.75 Å². The third-order valence-electron chi connectivity index (χ3n) is 4.30. The van der Waals surface area contributed by atoms with Gasteiger partial charge in [0.2, 0.25) is 5.91 Å². The summed E-state index contributed by atoms with van der Waals surface area (Å²) < 4.78 is 5.46. The van der Waals surface area contributed by atoms with Crippen molar-refractivity contribution in [3.05, 3.63) is 60.2 Å². The maximum atomic E-state index is 12.7. The minimum atomic E-state index is -0.534. The predicted octanol–water partition coefficient (Wildman–Crippen LogP) is 2.55. The van der Waals surface area contributed by atoms with Crippen LogP contribution >= 0.6 is 0 Å². The van der Waals surface area contributed by atoms with E-state index >= 15 is 0 Å². The van der Waals surface area contributed by atoms with Gasteiger partial charge in [-0.05, 0) is 30.5 Å². The van der Waals surface area contributed by atoms with Crippen LogP contribution in [0.25, 0.3) is 0 Å². The summed E-state index contributed by atoms with van der Waals surface area (Å²) in [5.74, 6) is 0.310. The lowest BCUT2D eigenvalue weighted by atomic mass is 10.1. The molecule has 5 nitrogen and oxygen atoms in total. The van der Waals surface area contributed by atoms with Crippen LogP contribution in [0.1, 0.15) is 18.9 Å². The monoisotopic (exact) mass is 338 g/mol. The number of para-hydroxylation sites is 2. The van der Waals surface area contributed by atoms with Crippen LogP contribution in [0.4, 0.5) is 5.69 Å². The van der Waals surface area contributed by atoms with E-state index in [9.17, 15) is 9.59 Å². The highest BCUT2D eigenvalue weighted by Gasteiger charge is 2.34. The molecule has 1 heterocycles. The molecule has 2 aromatic carbocycles. The average Bonchev–Trinajstić information content (AvgIpc) is 2.65. The third-order valence-corrected chi connectivity index (χ3v) is 4.30. The minimum Gasteiger partial charge on any atom is -0.482 e. The van der Waals surface area contributed by atoms with E-state index in [-0.39, 0.29) is 18.4 Å². The number of hydrogen-bond acceptors (Lipinski definition) is 3. The number of carbonyl (C=O) groups excluding carboxylic acids is 2. The van der Waals surface area contributed by atoms with E-state index in [1.165, 1.54) is 5.56 Å². The normalized spacial score (nSPS) is 14.4. The van der Waals surface area contributed by atoms with Gasteiger partial charge in [0.05, 0.1) is 5.69 Å². The van der Waals surface area contributed by atoms with Crippen LogP contribution in [-0.4, -0.2) is 31.0 Å². The summed E-state index contributed by atoms with van der Waals surface area (Å²) in [4.78, 5) is 26.6. The van der Waals surface area contributed by atoms with Gasteiger partial charge in [-0.15, -0.1) is 0 Å². The Morgan fingerprint density at radius 2 is 1.88 bits per heavy atom. The van der Waals surface area contributed by atoms with E-state index in [1.807, 2.05) is 61.5 Å². The number of fused-ring (bicyclic) bond motifs is 1. The highest BCUT2D eigenvalue weighted by molar-refractivity contribution is 6.03. The minimum absolute atomic E-state index is 0.0369. The van der Waals surface area contributed by atoms with Crippen LogP contribution < -0.4 is 15.0 Å². The van der Waals surface area contributed by atoms with Gasteiger partial charge in [0.25, 0.3) is 5.91 Å². The van der Waals surface area contributed by atoms with Crippen LogP contribution in [0.2, 0.25) is 0 Å². The number of ether oxygens (including phenoxy) is 1. The Hall–Kier alpha value is -2.82. The SMILES string of the molecule is CCC(C(=O)NCCc1ccccc1)N1C(=O)COc2ccccc21. The Balaban J connectivity index is 1.69. The smallest absolute Gasteiger partial charge is 0.265 e. The average molecular weight is 338 g/mol. The Kier molecular flexibility index (Phi) is 5.33. The number of anilines is 1. The van der Waals surface area contributed by atoms with Crippen LogP contribution in [0.5, 0.6) is 5.75 Å². The lowest BCUT2D eigenvalue weighted by Gasteiger charge is -2.34. The molecule has 0 aromatic heterocycles. The molecule has 25 heavy (non-hydrogen) atoms. The number of nitrogens with one attached hydrogen (secondary N) is 1. The maximum Gasteiger partial charge on any atom is 0.265 e. The molecule has 130 valence electrons. The molecule has 0 aliphatic carbocycles. The van der Waals surface area contributed by atoms with Crippen molar-refractivity contribution in [2.24, 2.45) is 0 Å².